The number of aromatic amines is 2. The first kappa shape index (κ1) is 39.9. The lowest BCUT2D eigenvalue weighted by Crippen LogP contribution is -2.51. The zero-order chi connectivity index (χ0) is 40.7. The Morgan fingerprint density at radius 1 is 0.707 bits per heavy atom. The highest BCUT2D eigenvalue weighted by molar-refractivity contribution is 5.86. The van der Waals surface area contributed by atoms with Gasteiger partial charge in [-0.3, -0.25) is 9.59 Å². The summed E-state index contributed by atoms with van der Waals surface area (Å²) in [5, 5.41) is 2.76. The molecule has 2 saturated heterocycles. The van der Waals surface area contributed by atoms with Crippen LogP contribution in [0, 0.1) is 23.2 Å². The van der Waals surface area contributed by atoms with E-state index in [4.69, 9.17) is 14.7 Å². The predicted octanol–water partition coefficient (Wildman–Crippen LogP) is 9.18. The van der Waals surface area contributed by atoms with E-state index in [1.165, 1.54) is 67.0 Å². The van der Waals surface area contributed by atoms with Gasteiger partial charge in [0.05, 0.1) is 43.0 Å². The fourth-order valence-corrected chi connectivity index (χ4v) is 10.3. The zero-order valence-electron chi connectivity index (χ0n) is 35.2. The number of carbonyl (C=O) groups excluding carboxylic acids is 3. The van der Waals surface area contributed by atoms with Crippen LogP contribution in [0.2, 0.25) is 0 Å². The van der Waals surface area contributed by atoms with Crippen molar-refractivity contribution in [1.82, 2.24) is 35.1 Å². The molecule has 4 unspecified atom stereocenters. The third-order valence-corrected chi connectivity index (χ3v) is 13.9. The van der Waals surface area contributed by atoms with Crippen molar-refractivity contribution in [1.29, 1.82) is 0 Å². The minimum Gasteiger partial charge on any atom is -0.453 e. The lowest BCUT2D eigenvalue weighted by Gasteiger charge is -2.33. The molecular formula is C47H61N7O4. The van der Waals surface area contributed by atoms with E-state index < -0.39 is 12.1 Å². The number of amides is 3. The van der Waals surface area contributed by atoms with Gasteiger partial charge in [0.2, 0.25) is 11.8 Å². The lowest BCUT2D eigenvalue weighted by molar-refractivity contribution is -0.137. The lowest BCUT2D eigenvalue weighted by atomic mass is 9.72. The van der Waals surface area contributed by atoms with Crippen LogP contribution in [0.1, 0.15) is 127 Å². The second-order valence-corrected chi connectivity index (χ2v) is 18.2. The van der Waals surface area contributed by atoms with Crippen LogP contribution in [0.5, 0.6) is 0 Å². The molecule has 3 fully saturated rings. The summed E-state index contributed by atoms with van der Waals surface area (Å²) in [5.74, 6) is 1.99. The molecule has 4 heterocycles. The Bertz CT molecular complexity index is 2130. The Balaban J connectivity index is 1.05. The van der Waals surface area contributed by atoms with Crippen molar-refractivity contribution in [3.8, 4) is 33.6 Å². The zero-order valence-corrected chi connectivity index (χ0v) is 35.2. The number of nitrogens with zero attached hydrogens (tertiary/aromatic N) is 4. The number of ether oxygens (including phenoxy) is 1. The van der Waals surface area contributed by atoms with Gasteiger partial charge in [0, 0.05) is 24.6 Å². The van der Waals surface area contributed by atoms with Gasteiger partial charge in [-0.1, -0.05) is 90.3 Å². The molecule has 0 radical (unpaired) electrons. The molecule has 1 spiro atoms. The van der Waals surface area contributed by atoms with Gasteiger partial charge < -0.3 is 29.8 Å². The molecule has 3 amide bonds. The van der Waals surface area contributed by atoms with E-state index in [9.17, 15) is 14.4 Å². The summed E-state index contributed by atoms with van der Waals surface area (Å²) in [6.07, 6.45) is 15.4. The highest BCUT2D eigenvalue weighted by Crippen LogP contribution is 2.52. The first-order chi connectivity index (χ1) is 28.0. The summed E-state index contributed by atoms with van der Waals surface area (Å²) >= 11 is 0. The van der Waals surface area contributed by atoms with E-state index in [-0.39, 0.29) is 41.1 Å². The largest absolute Gasteiger partial charge is 0.453 e. The van der Waals surface area contributed by atoms with Crippen molar-refractivity contribution in [2.45, 2.75) is 123 Å². The maximum atomic E-state index is 13.8. The molecule has 2 aromatic carbocycles. The number of likely N-dealkylation sites (tertiary alicyclic amines) is 2. The number of nitrogens with one attached hydrogen (secondary N) is 3. The van der Waals surface area contributed by atoms with Crippen LogP contribution < -0.4 is 5.32 Å². The summed E-state index contributed by atoms with van der Waals surface area (Å²) in [5.41, 5.74) is 9.89. The number of fused-ring (bicyclic) bond motifs is 1. The molecule has 4 aliphatic rings. The quantitative estimate of drug-likeness (QED) is 0.147. The molecule has 4 atom stereocenters. The van der Waals surface area contributed by atoms with Crippen molar-refractivity contribution < 1.29 is 19.1 Å². The molecule has 1 saturated carbocycles. The van der Waals surface area contributed by atoms with Crippen LogP contribution in [-0.2, 0) is 27.2 Å². The number of carbonyl (C=O) groups is 3. The van der Waals surface area contributed by atoms with Crippen molar-refractivity contribution in [2.24, 2.45) is 23.2 Å². The molecule has 11 heteroatoms. The first-order valence-corrected chi connectivity index (χ1v) is 21.8. The number of hydrogen-bond donors (Lipinski definition) is 3. The normalized spacial score (nSPS) is 21.2. The molecule has 2 aliphatic carbocycles. The van der Waals surface area contributed by atoms with Crippen molar-refractivity contribution in [2.75, 3.05) is 20.2 Å². The van der Waals surface area contributed by atoms with Gasteiger partial charge in [0.25, 0.3) is 0 Å². The van der Waals surface area contributed by atoms with Crippen LogP contribution >= 0.6 is 0 Å². The van der Waals surface area contributed by atoms with Crippen molar-refractivity contribution in [3.63, 3.8) is 0 Å². The molecule has 3 N–H and O–H groups in total. The number of benzene rings is 2. The van der Waals surface area contributed by atoms with Gasteiger partial charge in [-0.25, -0.2) is 14.8 Å². The van der Waals surface area contributed by atoms with Gasteiger partial charge >= 0.3 is 6.09 Å². The van der Waals surface area contributed by atoms with E-state index in [2.05, 4.69) is 65.5 Å². The Kier molecular flexibility index (Phi) is 11.3. The minimum absolute atomic E-state index is 0.00644. The Morgan fingerprint density at radius 3 is 1.86 bits per heavy atom. The van der Waals surface area contributed by atoms with Crippen LogP contribution in [0.15, 0.2) is 48.8 Å². The highest BCUT2D eigenvalue weighted by Gasteiger charge is 2.42. The molecular weight excluding hydrogens is 727 g/mol. The third-order valence-electron chi connectivity index (χ3n) is 13.9. The fourth-order valence-electron chi connectivity index (χ4n) is 10.3. The molecule has 308 valence electrons. The monoisotopic (exact) mass is 787 g/mol. The number of imidazole rings is 2. The minimum atomic E-state index is -0.672. The number of aromatic nitrogens is 4. The first-order valence-electron chi connectivity index (χ1n) is 21.8. The van der Waals surface area contributed by atoms with Crippen molar-refractivity contribution in [3.05, 3.63) is 71.6 Å². The van der Waals surface area contributed by atoms with E-state index in [0.29, 0.717) is 12.5 Å². The molecule has 2 aromatic heterocycles. The summed E-state index contributed by atoms with van der Waals surface area (Å²) < 4.78 is 4.83. The SMILES string of the molecule is COC(=O)NC(C(=O)N1CCCC1c1ncc(-c2ccc(-c3ccc(-c4cnc(C5CCCN5C(=O)C(C)C(C)C)[nH]4)cc3)c3c2CC2(CCCCC2)C3)[nH]1)C(C)C. The Morgan fingerprint density at radius 2 is 1.26 bits per heavy atom. The second kappa shape index (κ2) is 16.4. The molecule has 2 aliphatic heterocycles. The molecule has 58 heavy (non-hydrogen) atoms. The fraction of sp³-hybridized carbons (Fsp3) is 0.553. The molecule has 4 aromatic rings. The molecule has 0 bridgehead atoms. The highest BCUT2D eigenvalue weighted by atomic mass is 16.5. The summed E-state index contributed by atoms with van der Waals surface area (Å²) in [4.78, 5) is 60.1. The number of H-pyrrole nitrogens is 2. The van der Waals surface area contributed by atoms with Gasteiger partial charge in [-0.15, -0.1) is 0 Å². The number of hydrogen-bond acceptors (Lipinski definition) is 6. The van der Waals surface area contributed by atoms with Gasteiger partial charge in [0.15, 0.2) is 0 Å². The van der Waals surface area contributed by atoms with E-state index in [1.54, 1.807) is 0 Å². The van der Waals surface area contributed by atoms with Crippen molar-refractivity contribution >= 4 is 17.9 Å². The van der Waals surface area contributed by atoms with E-state index in [0.717, 1.165) is 73.7 Å². The Hall–Kier alpha value is -4.93. The molecule has 11 nitrogen and oxygen atoms in total. The maximum absolute atomic E-state index is 13.8. The van der Waals surface area contributed by atoms with Crippen LogP contribution in [0.25, 0.3) is 33.6 Å². The third kappa shape index (κ3) is 7.57. The predicted molar refractivity (Wildman–Crippen MR) is 226 cm³/mol. The average molecular weight is 788 g/mol. The number of methoxy groups -OCH3 is 1. The van der Waals surface area contributed by atoms with Gasteiger partial charge in [0.1, 0.15) is 17.7 Å². The summed E-state index contributed by atoms with van der Waals surface area (Å²) in [7, 11) is 1.32. The Labute approximate surface area is 343 Å². The van der Waals surface area contributed by atoms with Gasteiger partial charge in [-0.2, -0.15) is 0 Å². The van der Waals surface area contributed by atoms with Crippen LogP contribution in [0.3, 0.4) is 0 Å². The average Bonchev–Trinajstić information content (AvgIpc) is 4.08. The standard InChI is InChI=1S/C47H61N7O4/c1-28(2)30(5)44(55)53-22-10-12-39(53)42-48-26-37(50-42)32-16-14-31(15-17-32)33-18-19-34(36-25-47(24-35(33)36)20-8-7-9-21-47)38-27-49-43(51-38)40-13-11-23-54(40)45(56)41(29(3)4)52-46(57)58-6/h14-19,26-30,39-41H,7-13,20-25H2,1-6H3,(H,48,50)(H,49,51)(H,52,57). The van der Waals surface area contributed by atoms with E-state index >= 15 is 0 Å². The number of alkyl carbamates (subject to hydrolysis) is 1. The van der Waals surface area contributed by atoms with E-state index in [1.807, 2.05) is 43.0 Å². The summed E-state index contributed by atoms with van der Waals surface area (Å²) in [6, 6.07) is 12.6. The van der Waals surface area contributed by atoms with Crippen LogP contribution in [0.4, 0.5) is 4.79 Å². The topological polar surface area (TPSA) is 136 Å². The maximum Gasteiger partial charge on any atom is 0.407 e. The molecule has 8 rings (SSSR count). The second-order valence-electron chi connectivity index (χ2n) is 18.2. The van der Waals surface area contributed by atoms with Crippen LogP contribution in [-0.4, -0.2) is 73.9 Å². The van der Waals surface area contributed by atoms with Gasteiger partial charge in [-0.05, 0) is 96.4 Å². The number of rotatable bonds is 10. The smallest absolute Gasteiger partial charge is 0.407 e. The summed E-state index contributed by atoms with van der Waals surface area (Å²) in [6.45, 7) is 11.5.